The minimum atomic E-state index is -3.74. The molecule has 0 atom stereocenters. The molecule has 2 aromatic rings. The molecular formula is C18H19NO3S. The van der Waals surface area contributed by atoms with Crippen LogP contribution in [0.4, 0.5) is 0 Å². The smallest absolute Gasteiger partial charge is 0.238 e. The second-order valence-corrected chi connectivity index (χ2v) is 7.53. The molecule has 2 N–H and O–H groups in total. The van der Waals surface area contributed by atoms with Crippen LogP contribution in [0.1, 0.15) is 37.2 Å². The largest absolute Gasteiger partial charge is 0.300 e. The summed E-state index contributed by atoms with van der Waals surface area (Å²) in [5.74, 6) is 0.467. The molecule has 0 saturated heterocycles. The SMILES string of the molecule is NS(=O)(=O)c1ccc(-c2ccccc2)c(C2CCC(=O)CC2)c1. The van der Waals surface area contributed by atoms with Crippen molar-refractivity contribution in [1.29, 1.82) is 0 Å². The van der Waals surface area contributed by atoms with Gasteiger partial charge in [0.2, 0.25) is 10.0 Å². The molecule has 2 aromatic carbocycles. The standard InChI is InChI=1S/C18H19NO3S/c19-23(21,22)16-10-11-17(13-4-2-1-3-5-13)18(12-16)14-6-8-15(20)9-7-14/h1-5,10-12,14H,6-9H2,(H2,19,21,22). The molecule has 0 radical (unpaired) electrons. The number of Topliss-reactive ketones (excluding diaryl/α,β-unsaturated/α-hetero) is 1. The van der Waals surface area contributed by atoms with Gasteiger partial charge in [-0.1, -0.05) is 36.4 Å². The maximum Gasteiger partial charge on any atom is 0.238 e. The Hall–Kier alpha value is -1.98. The Bertz CT molecular complexity index is 819. The van der Waals surface area contributed by atoms with Crippen LogP contribution in [-0.4, -0.2) is 14.2 Å². The lowest BCUT2D eigenvalue weighted by Gasteiger charge is -2.24. The van der Waals surface area contributed by atoms with E-state index in [1.54, 1.807) is 12.1 Å². The van der Waals surface area contributed by atoms with Gasteiger partial charge in [0.1, 0.15) is 5.78 Å². The fourth-order valence-corrected chi connectivity index (χ4v) is 3.74. The van der Waals surface area contributed by atoms with Crippen molar-refractivity contribution < 1.29 is 13.2 Å². The number of carbonyl (C=O) groups is 1. The number of sulfonamides is 1. The van der Waals surface area contributed by atoms with Gasteiger partial charge in [0.25, 0.3) is 0 Å². The Labute approximate surface area is 136 Å². The van der Waals surface area contributed by atoms with E-state index in [9.17, 15) is 13.2 Å². The predicted octanol–water partition coefficient (Wildman–Crippen LogP) is 3.23. The number of nitrogens with two attached hydrogens (primary N) is 1. The maximum absolute atomic E-state index is 11.7. The summed E-state index contributed by atoms with van der Waals surface area (Å²) in [6, 6.07) is 14.9. The summed E-state index contributed by atoms with van der Waals surface area (Å²) in [7, 11) is -3.74. The van der Waals surface area contributed by atoms with E-state index in [-0.39, 0.29) is 16.6 Å². The zero-order valence-electron chi connectivity index (χ0n) is 12.7. The molecule has 0 unspecified atom stereocenters. The Morgan fingerprint density at radius 3 is 2.22 bits per heavy atom. The molecule has 0 spiro atoms. The van der Waals surface area contributed by atoms with E-state index in [4.69, 9.17) is 5.14 Å². The van der Waals surface area contributed by atoms with E-state index in [2.05, 4.69) is 0 Å². The molecule has 23 heavy (non-hydrogen) atoms. The molecule has 3 rings (SSSR count). The Balaban J connectivity index is 2.10. The molecular weight excluding hydrogens is 310 g/mol. The highest BCUT2D eigenvalue weighted by Crippen LogP contribution is 2.38. The summed E-state index contributed by atoms with van der Waals surface area (Å²) in [6.07, 6.45) is 2.62. The number of primary sulfonamides is 1. The highest BCUT2D eigenvalue weighted by Gasteiger charge is 2.24. The first-order chi connectivity index (χ1) is 10.9. The quantitative estimate of drug-likeness (QED) is 0.939. The van der Waals surface area contributed by atoms with Gasteiger partial charge < -0.3 is 0 Å². The van der Waals surface area contributed by atoms with E-state index < -0.39 is 10.0 Å². The van der Waals surface area contributed by atoms with Crippen LogP contribution in [0, 0.1) is 0 Å². The molecule has 1 aliphatic carbocycles. The predicted molar refractivity (Wildman–Crippen MR) is 89.5 cm³/mol. The number of ketones is 1. The first kappa shape index (κ1) is 15.9. The summed E-state index contributed by atoms with van der Waals surface area (Å²) in [5, 5.41) is 5.28. The molecule has 0 bridgehead atoms. The van der Waals surface area contributed by atoms with Crippen LogP contribution in [0.15, 0.2) is 53.4 Å². The van der Waals surface area contributed by atoms with Gasteiger partial charge >= 0.3 is 0 Å². The van der Waals surface area contributed by atoms with Crippen molar-refractivity contribution in [3.8, 4) is 11.1 Å². The Kier molecular flexibility index (Phi) is 4.33. The van der Waals surface area contributed by atoms with Gasteiger partial charge in [0.05, 0.1) is 4.90 Å². The molecule has 0 aliphatic heterocycles. The number of rotatable bonds is 3. The van der Waals surface area contributed by atoms with E-state index in [1.807, 2.05) is 36.4 Å². The topological polar surface area (TPSA) is 77.2 Å². The van der Waals surface area contributed by atoms with Crippen molar-refractivity contribution in [2.45, 2.75) is 36.5 Å². The van der Waals surface area contributed by atoms with E-state index in [0.29, 0.717) is 12.8 Å². The number of carbonyl (C=O) groups excluding carboxylic acids is 1. The van der Waals surface area contributed by atoms with Crippen LogP contribution in [-0.2, 0) is 14.8 Å². The van der Waals surface area contributed by atoms with Crippen LogP contribution >= 0.6 is 0 Å². The molecule has 0 amide bonds. The zero-order chi connectivity index (χ0) is 16.4. The van der Waals surface area contributed by atoms with Crippen LogP contribution in [0.2, 0.25) is 0 Å². The van der Waals surface area contributed by atoms with E-state index >= 15 is 0 Å². The fraction of sp³-hybridized carbons (Fsp3) is 0.278. The van der Waals surface area contributed by atoms with Gasteiger partial charge in [-0.05, 0) is 47.6 Å². The number of benzene rings is 2. The molecule has 1 fully saturated rings. The molecule has 120 valence electrons. The summed E-state index contributed by atoms with van der Waals surface area (Å²) >= 11 is 0. The summed E-state index contributed by atoms with van der Waals surface area (Å²) < 4.78 is 23.4. The van der Waals surface area contributed by atoms with Crippen molar-refractivity contribution in [2.24, 2.45) is 5.14 Å². The summed E-state index contributed by atoms with van der Waals surface area (Å²) in [4.78, 5) is 11.6. The molecule has 0 aromatic heterocycles. The van der Waals surface area contributed by atoms with Gasteiger partial charge in [-0.3, -0.25) is 4.79 Å². The van der Waals surface area contributed by atoms with Crippen molar-refractivity contribution >= 4 is 15.8 Å². The van der Waals surface area contributed by atoms with Gasteiger partial charge in [0, 0.05) is 12.8 Å². The second-order valence-electron chi connectivity index (χ2n) is 5.97. The van der Waals surface area contributed by atoms with Crippen molar-refractivity contribution in [3.63, 3.8) is 0 Å². The first-order valence-electron chi connectivity index (χ1n) is 7.69. The average Bonchev–Trinajstić information content (AvgIpc) is 2.55. The minimum Gasteiger partial charge on any atom is -0.300 e. The van der Waals surface area contributed by atoms with Crippen LogP contribution < -0.4 is 5.14 Å². The van der Waals surface area contributed by atoms with Gasteiger partial charge in [-0.15, -0.1) is 0 Å². The van der Waals surface area contributed by atoms with Crippen LogP contribution in [0.25, 0.3) is 11.1 Å². The molecule has 1 saturated carbocycles. The molecule has 1 aliphatic rings. The number of hydrogen-bond acceptors (Lipinski definition) is 3. The lowest BCUT2D eigenvalue weighted by atomic mass is 9.80. The first-order valence-corrected chi connectivity index (χ1v) is 9.23. The van der Waals surface area contributed by atoms with Crippen molar-refractivity contribution in [2.75, 3.05) is 0 Å². The third-order valence-corrected chi connectivity index (χ3v) is 5.33. The lowest BCUT2D eigenvalue weighted by Crippen LogP contribution is -2.16. The number of hydrogen-bond donors (Lipinski definition) is 1. The fourth-order valence-electron chi connectivity index (χ4n) is 3.19. The summed E-state index contributed by atoms with van der Waals surface area (Å²) in [5.41, 5.74) is 3.02. The average molecular weight is 329 g/mol. The Morgan fingerprint density at radius 1 is 0.957 bits per heavy atom. The zero-order valence-corrected chi connectivity index (χ0v) is 13.6. The van der Waals surface area contributed by atoms with Crippen LogP contribution in [0.5, 0.6) is 0 Å². The lowest BCUT2D eigenvalue weighted by molar-refractivity contribution is -0.120. The maximum atomic E-state index is 11.7. The molecule has 0 heterocycles. The van der Waals surface area contributed by atoms with E-state index in [1.165, 1.54) is 0 Å². The van der Waals surface area contributed by atoms with Gasteiger partial charge in [-0.2, -0.15) is 0 Å². The minimum absolute atomic E-state index is 0.129. The Morgan fingerprint density at radius 2 is 1.61 bits per heavy atom. The highest BCUT2D eigenvalue weighted by molar-refractivity contribution is 7.89. The molecule has 5 heteroatoms. The van der Waals surface area contributed by atoms with Crippen LogP contribution in [0.3, 0.4) is 0 Å². The highest BCUT2D eigenvalue weighted by atomic mass is 32.2. The van der Waals surface area contributed by atoms with Crippen molar-refractivity contribution in [1.82, 2.24) is 0 Å². The van der Waals surface area contributed by atoms with Gasteiger partial charge in [-0.25, -0.2) is 13.6 Å². The van der Waals surface area contributed by atoms with Gasteiger partial charge in [0.15, 0.2) is 0 Å². The summed E-state index contributed by atoms with van der Waals surface area (Å²) in [6.45, 7) is 0. The third-order valence-electron chi connectivity index (χ3n) is 4.42. The second kappa shape index (κ2) is 6.26. The van der Waals surface area contributed by atoms with Crippen molar-refractivity contribution in [3.05, 3.63) is 54.1 Å². The molecule has 4 nitrogen and oxygen atoms in total. The normalized spacial score (nSPS) is 16.5. The third kappa shape index (κ3) is 3.51. The monoisotopic (exact) mass is 329 g/mol. The van der Waals surface area contributed by atoms with E-state index in [0.717, 1.165) is 29.5 Å².